The lowest BCUT2D eigenvalue weighted by molar-refractivity contribution is 0.469. The van der Waals surface area contributed by atoms with E-state index in [0.717, 1.165) is 0 Å². The monoisotopic (exact) mass is 268 g/mol. The molecule has 0 saturated heterocycles. The van der Waals surface area contributed by atoms with E-state index in [1.54, 1.807) is 36.4 Å². The standard InChI is InChI=1S/C12H10Cl2N2O/c13-9-4-1-3-8(12(9)17)7-15-11-6-2-5-10(14)16-11/h1-6,17H,7H2,(H,15,16). The van der Waals surface area contributed by atoms with E-state index in [2.05, 4.69) is 10.3 Å². The number of nitrogens with zero attached hydrogens (tertiary/aromatic N) is 1. The maximum atomic E-state index is 9.71. The van der Waals surface area contributed by atoms with Gasteiger partial charge in [0.25, 0.3) is 0 Å². The lowest BCUT2D eigenvalue weighted by atomic mass is 10.2. The SMILES string of the molecule is Oc1c(Cl)cccc1CNc1cccc(Cl)n1. The van der Waals surface area contributed by atoms with Gasteiger partial charge in [-0.1, -0.05) is 41.4 Å². The summed E-state index contributed by atoms with van der Waals surface area (Å²) in [4.78, 5) is 4.08. The average molecular weight is 269 g/mol. The second-order valence-corrected chi connectivity index (χ2v) is 4.24. The molecule has 2 aromatic rings. The molecule has 0 unspecified atom stereocenters. The van der Waals surface area contributed by atoms with Crippen molar-refractivity contribution in [1.29, 1.82) is 0 Å². The van der Waals surface area contributed by atoms with Crippen LogP contribution in [0.5, 0.6) is 5.75 Å². The van der Waals surface area contributed by atoms with Crippen LogP contribution in [0.4, 0.5) is 5.82 Å². The van der Waals surface area contributed by atoms with Crippen LogP contribution in [0.15, 0.2) is 36.4 Å². The highest BCUT2D eigenvalue weighted by atomic mass is 35.5. The predicted octanol–water partition coefficient (Wildman–Crippen LogP) is 3.71. The number of rotatable bonds is 3. The largest absolute Gasteiger partial charge is 0.506 e. The third-order valence-electron chi connectivity index (χ3n) is 2.25. The molecular formula is C12H10Cl2N2O. The van der Waals surface area contributed by atoms with Crippen LogP contribution in [0, 0.1) is 0 Å². The summed E-state index contributed by atoms with van der Waals surface area (Å²) < 4.78 is 0. The Morgan fingerprint density at radius 2 is 1.88 bits per heavy atom. The second kappa shape index (κ2) is 5.25. The second-order valence-electron chi connectivity index (χ2n) is 3.45. The van der Waals surface area contributed by atoms with E-state index in [1.165, 1.54) is 0 Å². The molecule has 0 bridgehead atoms. The minimum Gasteiger partial charge on any atom is -0.506 e. The van der Waals surface area contributed by atoms with E-state index in [0.29, 0.717) is 28.1 Å². The summed E-state index contributed by atoms with van der Waals surface area (Å²) >= 11 is 11.6. The molecule has 0 aliphatic carbocycles. The molecule has 0 amide bonds. The van der Waals surface area contributed by atoms with Gasteiger partial charge >= 0.3 is 0 Å². The summed E-state index contributed by atoms with van der Waals surface area (Å²) in [6.07, 6.45) is 0. The van der Waals surface area contributed by atoms with Gasteiger partial charge in [-0.3, -0.25) is 0 Å². The van der Waals surface area contributed by atoms with E-state index in [4.69, 9.17) is 23.2 Å². The smallest absolute Gasteiger partial charge is 0.139 e. The quantitative estimate of drug-likeness (QED) is 0.835. The van der Waals surface area contributed by atoms with Crippen LogP contribution in [0.25, 0.3) is 0 Å². The lowest BCUT2D eigenvalue weighted by Crippen LogP contribution is -2.01. The fourth-order valence-electron chi connectivity index (χ4n) is 1.40. The molecule has 0 atom stereocenters. The number of anilines is 1. The number of aromatic nitrogens is 1. The number of hydrogen-bond acceptors (Lipinski definition) is 3. The van der Waals surface area contributed by atoms with Crippen molar-refractivity contribution in [3.05, 3.63) is 52.1 Å². The van der Waals surface area contributed by atoms with Crippen molar-refractivity contribution in [2.75, 3.05) is 5.32 Å². The van der Waals surface area contributed by atoms with E-state index >= 15 is 0 Å². The lowest BCUT2D eigenvalue weighted by Gasteiger charge is -2.08. The van der Waals surface area contributed by atoms with Crippen LogP contribution in [-0.4, -0.2) is 10.1 Å². The van der Waals surface area contributed by atoms with E-state index in [-0.39, 0.29) is 5.75 Å². The van der Waals surface area contributed by atoms with Crippen LogP contribution in [-0.2, 0) is 6.54 Å². The number of para-hydroxylation sites is 1. The Morgan fingerprint density at radius 3 is 2.65 bits per heavy atom. The van der Waals surface area contributed by atoms with Crippen molar-refractivity contribution in [3.8, 4) is 5.75 Å². The van der Waals surface area contributed by atoms with Crippen molar-refractivity contribution in [2.24, 2.45) is 0 Å². The molecule has 3 nitrogen and oxygen atoms in total. The first-order valence-corrected chi connectivity index (χ1v) is 5.75. The highest BCUT2D eigenvalue weighted by Gasteiger charge is 2.04. The van der Waals surface area contributed by atoms with Gasteiger partial charge < -0.3 is 10.4 Å². The molecule has 0 spiro atoms. The number of pyridine rings is 1. The van der Waals surface area contributed by atoms with Crippen LogP contribution >= 0.6 is 23.2 Å². The summed E-state index contributed by atoms with van der Waals surface area (Å²) in [5.41, 5.74) is 0.708. The van der Waals surface area contributed by atoms with Crippen molar-refractivity contribution in [2.45, 2.75) is 6.54 Å². The maximum Gasteiger partial charge on any atom is 0.139 e. The Hall–Kier alpha value is -1.45. The number of benzene rings is 1. The number of halogens is 2. The van der Waals surface area contributed by atoms with Crippen LogP contribution in [0.3, 0.4) is 0 Å². The van der Waals surface area contributed by atoms with Crippen LogP contribution in [0.1, 0.15) is 5.56 Å². The van der Waals surface area contributed by atoms with E-state index in [1.807, 2.05) is 0 Å². The van der Waals surface area contributed by atoms with E-state index in [9.17, 15) is 5.11 Å². The summed E-state index contributed by atoms with van der Waals surface area (Å²) in [5, 5.41) is 13.5. The molecule has 2 rings (SSSR count). The van der Waals surface area contributed by atoms with Crippen molar-refractivity contribution >= 4 is 29.0 Å². The van der Waals surface area contributed by atoms with Gasteiger partial charge in [0, 0.05) is 12.1 Å². The molecule has 0 radical (unpaired) electrons. The first-order chi connectivity index (χ1) is 8.16. The van der Waals surface area contributed by atoms with Crippen molar-refractivity contribution in [1.82, 2.24) is 4.98 Å². The molecule has 17 heavy (non-hydrogen) atoms. The molecule has 0 aliphatic rings. The predicted molar refractivity (Wildman–Crippen MR) is 69.7 cm³/mol. The van der Waals surface area contributed by atoms with Gasteiger partial charge in [0.05, 0.1) is 5.02 Å². The van der Waals surface area contributed by atoms with Crippen LogP contribution in [0.2, 0.25) is 10.2 Å². The molecular weight excluding hydrogens is 259 g/mol. The molecule has 0 aliphatic heterocycles. The van der Waals surface area contributed by atoms with Gasteiger partial charge in [0.15, 0.2) is 0 Å². The first-order valence-electron chi connectivity index (χ1n) is 4.99. The Labute approximate surface area is 109 Å². The molecule has 1 aromatic heterocycles. The van der Waals surface area contributed by atoms with Gasteiger partial charge in [0.1, 0.15) is 16.7 Å². The molecule has 1 aromatic carbocycles. The normalized spacial score (nSPS) is 10.2. The number of phenolic OH excluding ortho intramolecular Hbond substituents is 1. The zero-order chi connectivity index (χ0) is 12.3. The van der Waals surface area contributed by atoms with Gasteiger partial charge in [-0.15, -0.1) is 0 Å². The molecule has 2 N–H and O–H groups in total. The highest BCUT2D eigenvalue weighted by Crippen LogP contribution is 2.27. The first kappa shape index (κ1) is 12.0. The average Bonchev–Trinajstić information content (AvgIpc) is 2.31. The molecule has 0 saturated carbocycles. The number of phenols is 1. The van der Waals surface area contributed by atoms with Crippen LogP contribution < -0.4 is 5.32 Å². The third kappa shape index (κ3) is 3.02. The molecule has 1 heterocycles. The van der Waals surface area contributed by atoms with Gasteiger partial charge in [-0.05, 0) is 18.2 Å². The fourth-order valence-corrected chi connectivity index (χ4v) is 1.75. The van der Waals surface area contributed by atoms with E-state index < -0.39 is 0 Å². The number of aromatic hydroxyl groups is 1. The summed E-state index contributed by atoms with van der Waals surface area (Å²) in [6, 6.07) is 10.5. The minimum absolute atomic E-state index is 0.0868. The number of nitrogens with one attached hydrogen (secondary N) is 1. The fraction of sp³-hybridized carbons (Fsp3) is 0.0833. The highest BCUT2D eigenvalue weighted by molar-refractivity contribution is 6.32. The Kier molecular flexibility index (Phi) is 3.71. The molecule has 5 heteroatoms. The Bertz CT molecular complexity index is 532. The number of hydrogen-bond donors (Lipinski definition) is 2. The zero-order valence-corrected chi connectivity index (χ0v) is 10.3. The van der Waals surface area contributed by atoms with Gasteiger partial charge in [-0.2, -0.15) is 0 Å². The van der Waals surface area contributed by atoms with Crippen molar-refractivity contribution < 1.29 is 5.11 Å². The van der Waals surface area contributed by atoms with Crippen molar-refractivity contribution in [3.63, 3.8) is 0 Å². The third-order valence-corrected chi connectivity index (χ3v) is 2.76. The Balaban J connectivity index is 2.10. The summed E-state index contributed by atoms with van der Waals surface area (Å²) in [7, 11) is 0. The maximum absolute atomic E-state index is 9.71. The topological polar surface area (TPSA) is 45.1 Å². The molecule has 0 fully saturated rings. The Morgan fingerprint density at radius 1 is 1.12 bits per heavy atom. The summed E-state index contributed by atoms with van der Waals surface area (Å²) in [5.74, 6) is 0.737. The molecule has 88 valence electrons. The van der Waals surface area contributed by atoms with Gasteiger partial charge in [-0.25, -0.2) is 4.98 Å². The summed E-state index contributed by atoms with van der Waals surface area (Å²) in [6.45, 7) is 0.430. The zero-order valence-electron chi connectivity index (χ0n) is 8.82. The van der Waals surface area contributed by atoms with Gasteiger partial charge in [0.2, 0.25) is 0 Å². The minimum atomic E-state index is 0.0868.